The molecule has 0 aromatic rings. The second-order valence-electron chi connectivity index (χ2n) is 3.54. The molecule has 0 N–H and O–H groups in total. The summed E-state index contributed by atoms with van der Waals surface area (Å²) < 4.78 is 29.4. The van der Waals surface area contributed by atoms with Gasteiger partial charge in [-0.2, -0.15) is 0 Å². The maximum Gasteiger partial charge on any atom is 0.228 e. The molecule has 0 aliphatic carbocycles. The van der Waals surface area contributed by atoms with Gasteiger partial charge in [0.1, 0.15) is 5.21 Å². The number of methoxy groups -OCH3 is 1. The maximum absolute atomic E-state index is 11.5. The Kier molecular flexibility index (Phi) is 4.63. The summed E-state index contributed by atoms with van der Waals surface area (Å²) in [5.41, 5.74) is 0. The summed E-state index contributed by atoms with van der Waals surface area (Å²) in [5.74, 6) is 0.312. The van der Waals surface area contributed by atoms with Crippen molar-refractivity contribution in [3.63, 3.8) is 0 Å². The van der Waals surface area contributed by atoms with E-state index in [2.05, 4.69) is 0 Å². The van der Waals surface area contributed by atoms with Gasteiger partial charge in [-0.25, -0.2) is 12.7 Å². The van der Waals surface area contributed by atoms with E-state index in [1.54, 1.807) is 7.11 Å². The van der Waals surface area contributed by atoms with Crippen molar-refractivity contribution in [3.8, 4) is 0 Å². The van der Waals surface area contributed by atoms with Crippen molar-refractivity contribution in [2.75, 3.05) is 32.0 Å². The van der Waals surface area contributed by atoms with Gasteiger partial charge in [-0.15, -0.1) is 11.6 Å². The molecule has 1 aliphatic heterocycles. The van der Waals surface area contributed by atoms with E-state index in [1.165, 1.54) is 4.31 Å². The first-order valence-electron chi connectivity index (χ1n) is 4.63. The highest BCUT2D eigenvalue weighted by Crippen LogP contribution is 2.19. The zero-order valence-corrected chi connectivity index (χ0v) is 9.85. The third kappa shape index (κ3) is 3.08. The van der Waals surface area contributed by atoms with Gasteiger partial charge < -0.3 is 4.74 Å². The standard InChI is InChI=1S/C8H16ClNO3S/c1-13-6-8-3-2-4-10(5-8)14(11,12)7-9/h8H,2-7H2,1H3. The van der Waals surface area contributed by atoms with Gasteiger partial charge in [0.15, 0.2) is 0 Å². The van der Waals surface area contributed by atoms with Crippen LogP contribution in [-0.4, -0.2) is 44.7 Å². The molecule has 1 unspecified atom stereocenters. The van der Waals surface area contributed by atoms with Crippen LogP contribution in [0.4, 0.5) is 0 Å². The van der Waals surface area contributed by atoms with Crippen LogP contribution >= 0.6 is 11.6 Å². The monoisotopic (exact) mass is 241 g/mol. The summed E-state index contributed by atoms with van der Waals surface area (Å²) in [5, 5.41) is -0.327. The fourth-order valence-electron chi connectivity index (χ4n) is 1.72. The van der Waals surface area contributed by atoms with Gasteiger partial charge in [-0.1, -0.05) is 0 Å². The maximum atomic E-state index is 11.5. The van der Waals surface area contributed by atoms with Crippen LogP contribution in [0.1, 0.15) is 12.8 Å². The van der Waals surface area contributed by atoms with Gasteiger partial charge in [0, 0.05) is 20.2 Å². The van der Waals surface area contributed by atoms with Crippen LogP contribution in [0, 0.1) is 5.92 Å². The molecule has 0 aromatic carbocycles. The lowest BCUT2D eigenvalue weighted by Gasteiger charge is -2.30. The molecular weight excluding hydrogens is 226 g/mol. The van der Waals surface area contributed by atoms with E-state index >= 15 is 0 Å². The first-order valence-corrected chi connectivity index (χ1v) is 6.77. The molecule has 84 valence electrons. The molecule has 1 fully saturated rings. The van der Waals surface area contributed by atoms with E-state index in [-0.39, 0.29) is 5.21 Å². The van der Waals surface area contributed by atoms with E-state index < -0.39 is 10.0 Å². The molecule has 0 amide bonds. The Bertz CT molecular complexity index is 266. The number of piperidine rings is 1. The highest BCUT2D eigenvalue weighted by Gasteiger charge is 2.27. The molecule has 4 nitrogen and oxygen atoms in total. The Morgan fingerprint density at radius 2 is 2.29 bits per heavy atom. The van der Waals surface area contributed by atoms with Crippen molar-refractivity contribution in [1.29, 1.82) is 0 Å². The van der Waals surface area contributed by atoms with E-state index in [4.69, 9.17) is 16.3 Å². The van der Waals surface area contributed by atoms with E-state index in [9.17, 15) is 8.42 Å². The molecule has 1 saturated heterocycles. The van der Waals surface area contributed by atoms with Gasteiger partial charge in [0.25, 0.3) is 0 Å². The van der Waals surface area contributed by atoms with Crippen LogP contribution in [0.25, 0.3) is 0 Å². The molecule has 14 heavy (non-hydrogen) atoms. The summed E-state index contributed by atoms with van der Waals surface area (Å²) in [6, 6.07) is 0. The van der Waals surface area contributed by atoms with Crippen molar-refractivity contribution < 1.29 is 13.2 Å². The van der Waals surface area contributed by atoms with Gasteiger partial charge in [0.2, 0.25) is 10.0 Å². The minimum absolute atomic E-state index is 0.312. The minimum Gasteiger partial charge on any atom is -0.384 e. The Morgan fingerprint density at radius 1 is 1.57 bits per heavy atom. The largest absolute Gasteiger partial charge is 0.384 e. The molecule has 1 atom stereocenters. The number of sulfonamides is 1. The average Bonchev–Trinajstić information content (AvgIpc) is 2.19. The molecule has 0 saturated carbocycles. The summed E-state index contributed by atoms with van der Waals surface area (Å²) >= 11 is 5.39. The van der Waals surface area contributed by atoms with Crippen molar-refractivity contribution >= 4 is 21.6 Å². The lowest BCUT2D eigenvalue weighted by molar-refractivity contribution is 0.118. The van der Waals surface area contributed by atoms with Crippen molar-refractivity contribution in [1.82, 2.24) is 4.31 Å². The molecule has 1 aliphatic rings. The van der Waals surface area contributed by atoms with Gasteiger partial charge >= 0.3 is 0 Å². The highest BCUT2D eigenvalue weighted by molar-refractivity contribution is 7.90. The predicted octanol–water partition coefficient (Wildman–Crippen LogP) is 0.871. The van der Waals surface area contributed by atoms with Crippen molar-refractivity contribution in [2.24, 2.45) is 5.92 Å². The Labute approximate surface area is 90.2 Å². The molecule has 6 heteroatoms. The quantitative estimate of drug-likeness (QED) is 0.687. The summed E-state index contributed by atoms with van der Waals surface area (Å²) in [6.45, 7) is 1.76. The molecule has 1 rings (SSSR count). The van der Waals surface area contributed by atoms with Crippen LogP contribution < -0.4 is 0 Å². The third-order valence-corrected chi connectivity index (χ3v) is 4.64. The number of nitrogens with zero attached hydrogens (tertiary/aromatic N) is 1. The van der Waals surface area contributed by atoms with Crippen LogP contribution in [0.3, 0.4) is 0 Å². The molecular formula is C8H16ClNO3S. The number of hydrogen-bond donors (Lipinski definition) is 0. The molecule has 0 radical (unpaired) electrons. The van der Waals surface area contributed by atoms with Gasteiger partial charge in [-0.05, 0) is 18.8 Å². The SMILES string of the molecule is COCC1CCCN(S(=O)(=O)CCl)C1. The fourth-order valence-corrected chi connectivity index (χ4v) is 3.12. The molecule has 0 aromatic heterocycles. The normalized spacial score (nSPS) is 25.1. The number of ether oxygens (including phenoxy) is 1. The highest BCUT2D eigenvalue weighted by atomic mass is 35.5. The second kappa shape index (κ2) is 5.30. The number of rotatable bonds is 4. The summed E-state index contributed by atoms with van der Waals surface area (Å²) in [7, 11) is -1.60. The summed E-state index contributed by atoms with van der Waals surface area (Å²) in [6.07, 6.45) is 1.92. The second-order valence-corrected chi connectivity index (χ2v) is 6.10. The van der Waals surface area contributed by atoms with Gasteiger partial charge in [0.05, 0.1) is 6.61 Å². The van der Waals surface area contributed by atoms with Crippen LogP contribution in [-0.2, 0) is 14.8 Å². The van der Waals surface area contributed by atoms with Crippen LogP contribution in [0.2, 0.25) is 0 Å². The number of halogens is 1. The average molecular weight is 242 g/mol. The number of alkyl halides is 1. The predicted molar refractivity (Wildman–Crippen MR) is 55.8 cm³/mol. The van der Waals surface area contributed by atoms with Gasteiger partial charge in [-0.3, -0.25) is 0 Å². The van der Waals surface area contributed by atoms with Crippen LogP contribution in [0.5, 0.6) is 0 Å². The smallest absolute Gasteiger partial charge is 0.228 e. The minimum atomic E-state index is -3.23. The van der Waals surface area contributed by atoms with Crippen LogP contribution in [0.15, 0.2) is 0 Å². The molecule has 1 heterocycles. The van der Waals surface area contributed by atoms with Crippen molar-refractivity contribution in [3.05, 3.63) is 0 Å². The van der Waals surface area contributed by atoms with E-state index in [0.29, 0.717) is 25.6 Å². The lowest BCUT2D eigenvalue weighted by atomic mass is 10.0. The van der Waals surface area contributed by atoms with E-state index in [0.717, 1.165) is 12.8 Å². The lowest BCUT2D eigenvalue weighted by Crippen LogP contribution is -2.41. The zero-order valence-electron chi connectivity index (χ0n) is 8.28. The Balaban J connectivity index is 2.56. The molecule has 0 spiro atoms. The van der Waals surface area contributed by atoms with E-state index in [1.807, 2.05) is 0 Å². The Morgan fingerprint density at radius 3 is 2.86 bits per heavy atom. The first kappa shape index (κ1) is 12.2. The van der Waals surface area contributed by atoms with Crippen molar-refractivity contribution in [2.45, 2.75) is 12.8 Å². The Hall–Kier alpha value is 0.160. The fraction of sp³-hybridized carbons (Fsp3) is 1.00. The summed E-state index contributed by atoms with van der Waals surface area (Å²) in [4.78, 5) is 0. The first-order chi connectivity index (χ1) is 6.60. The third-order valence-electron chi connectivity index (χ3n) is 2.42. The molecule has 0 bridgehead atoms. The number of hydrogen-bond acceptors (Lipinski definition) is 3. The topological polar surface area (TPSA) is 46.6 Å². The zero-order chi connectivity index (χ0) is 10.6.